The topological polar surface area (TPSA) is 81.1 Å². The summed E-state index contributed by atoms with van der Waals surface area (Å²) in [6, 6.07) is 7.49. The zero-order chi connectivity index (χ0) is 14.5. The van der Waals surface area contributed by atoms with Gasteiger partial charge in [0.2, 0.25) is 5.91 Å². The first kappa shape index (κ1) is 12.9. The molecule has 5 nitrogen and oxygen atoms in total. The molecule has 0 fully saturated rings. The van der Waals surface area contributed by atoms with Gasteiger partial charge in [0.15, 0.2) is 0 Å². The normalized spacial score (nSPS) is 18.4. The lowest BCUT2D eigenvalue weighted by Gasteiger charge is -2.32. The summed E-state index contributed by atoms with van der Waals surface area (Å²) < 4.78 is 1.90. The molecular weight excluding hydrogens is 254 g/mol. The van der Waals surface area contributed by atoms with E-state index in [1.54, 1.807) is 26.4 Å². The highest BCUT2D eigenvalue weighted by Crippen LogP contribution is 2.44. The number of aliphatic hydroxyl groups excluding tert-OH is 1. The Balaban J connectivity index is 2.14. The smallest absolute Gasteiger partial charge is 0.225 e. The fraction of sp³-hybridized carbons (Fsp3) is 0.333. The summed E-state index contributed by atoms with van der Waals surface area (Å²) >= 11 is 0. The molecule has 1 aromatic heterocycles. The van der Waals surface area contributed by atoms with E-state index < -0.39 is 17.4 Å². The Morgan fingerprint density at radius 3 is 2.85 bits per heavy atom. The van der Waals surface area contributed by atoms with Crippen LogP contribution in [0, 0.1) is 5.41 Å². The van der Waals surface area contributed by atoms with Crippen molar-refractivity contribution in [3.05, 3.63) is 42.4 Å². The summed E-state index contributed by atoms with van der Waals surface area (Å²) in [7, 11) is 0. The van der Waals surface area contributed by atoms with Crippen molar-refractivity contribution < 1.29 is 9.90 Å². The Morgan fingerprint density at radius 1 is 1.45 bits per heavy atom. The lowest BCUT2D eigenvalue weighted by atomic mass is 9.80. The number of hydrogen-bond donors (Lipinski definition) is 2. The van der Waals surface area contributed by atoms with E-state index in [1.807, 2.05) is 28.8 Å². The van der Waals surface area contributed by atoms with Crippen molar-refractivity contribution in [3.8, 4) is 11.3 Å². The van der Waals surface area contributed by atoms with Crippen LogP contribution in [0.3, 0.4) is 0 Å². The number of fused-ring (bicyclic) bond motifs is 3. The summed E-state index contributed by atoms with van der Waals surface area (Å²) in [5, 5.41) is 10.7. The number of rotatable bonds is 3. The highest BCUT2D eigenvalue weighted by Gasteiger charge is 2.44. The number of carbonyl (C=O) groups is 1. The molecule has 0 aliphatic carbocycles. The van der Waals surface area contributed by atoms with Gasteiger partial charge in [-0.2, -0.15) is 0 Å². The summed E-state index contributed by atoms with van der Waals surface area (Å²) in [5.41, 5.74) is 7.38. The van der Waals surface area contributed by atoms with Gasteiger partial charge in [-0.25, -0.2) is 4.98 Å². The molecule has 2 aromatic rings. The average Bonchev–Trinajstić information content (AvgIpc) is 2.97. The molecule has 1 amide bonds. The number of primary amides is 1. The van der Waals surface area contributed by atoms with E-state index in [9.17, 15) is 9.90 Å². The number of benzene rings is 1. The van der Waals surface area contributed by atoms with Gasteiger partial charge in [-0.05, 0) is 19.4 Å². The highest BCUT2D eigenvalue weighted by atomic mass is 16.3. The molecule has 5 heteroatoms. The predicted molar refractivity (Wildman–Crippen MR) is 74.8 cm³/mol. The Hall–Kier alpha value is -2.14. The summed E-state index contributed by atoms with van der Waals surface area (Å²) in [6.45, 7) is 3.33. The summed E-state index contributed by atoms with van der Waals surface area (Å²) in [6.07, 6.45) is 2.53. The molecule has 1 aliphatic rings. The number of nitrogens with zero attached hydrogens (tertiary/aromatic N) is 2. The molecule has 0 radical (unpaired) electrons. The Kier molecular flexibility index (Phi) is 2.69. The summed E-state index contributed by atoms with van der Waals surface area (Å²) in [4.78, 5) is 15.8. The van der Waals surface area contributed by atoms with Gasteiger partial charge in [0.25, 0.3) is 0 Å². The monoisotopic (exact) mass is 271 g/mol. The molecule has 0 bridgehead atoms. The van der Waals surface area contributed by atoms with Crippen LogP contribution in [0.5, 0.6) is 0 Å². The van der Waals surface area contributed by atoms with E-state index in [4.69, 9.17) is 5.73 Å². The van der Waals surface area contributed by atoms with Gasteiger partial charge in [-0.3, -0.25) is 4.79 Å². The van der Waals surface area contributed by atoms with Crippen LogP contribution in [0.2, 0.25) is 0 Å². The number of carbonyl (C=O) groups excluding carboxylic acids is 1. The number of amides is 1. The van der Waals surface area contributed by atoms with Crippen molar-refractivity contribution in [3.63, 3.8) is 0 Å². The Bertz CT molecular complexity index is 675. The van der Waals surface area contributed by atoms with Crippen molar-refractivity contribution >= 4 is 5.91 Å². The lowest BCUT2D eigenvalue weighted by Crippen LogP contribution is -2.45. The molecule has 20 heavy (non-hydrogen) atoms. The van der Waals surface area contributed by atoms with Crippen molar-refractivity contribution in [2.24, 2.45) is 11.1 Å². The Morgan fingerprint density at radius 2 is 2.15 bits per heavy atom. The second kappa shape index (κ2) is 4.18. The second-order valence-corrected chi connectivity index (χ2v) is 5.75. The first-order valence-electron chi connectivity index (χ1n) is 6.53. The third-order valence-corrected chi connectivity index (χ3v) is 4.19. The molecule has 2 unspecified atom stereocenters. The van der Waals surface area contributed by atoms with Crippen LogP contribution in [0.1, 0.15) is 25.5 Å². The quantitative estimate of drug-likeness (QED) is 0.883. The van der Waals surface area contributed by atoms with Crippen LogP contribution in [-0.4, -0.2) is 26.7 Å². The van der Waals surface area contributed by atoms with E-state index >= 15 is 0 Å². The molecule has 2 atom stereocenters. The number of aromatic nitrogens is 2. The van der Waals surface area contributed by atoms with Gasteiger partial charge in [-0.1, -0.05) is 24.3 Å². The minimum Gasteiger partial charge on any atom is -0.389 e. The minimum atomic E-state index is -1.02. The molecular formula is C15H17N3O2. The van der Waals surface area contributed by atoms with E-state index in [0.29, 0.717) is 0 Å². The van der Waals surface area contributed by atoms with Gasteiger partial charge in [-0.15, -0.1) is 0 Å². The maximum Gasteiger partial charge on any atom is 0.225 e. The fourth-order valence-corrected chi connectivity index (χ4v) is 2.74. The zero-order valence-corrected chi connectivity index (χ0v) is 11.4. The van der Waals surface area contributed by atoms with Crippen LogP contribution in [0.25, 0.3) is 11.3 Å². The number of hydrogen-bond acceptors (Lipinski definition) is 3. The van der Waals surface area contributed by atoms with Gasteiger partial charge < -0.3 is 15.4 Å². The molecule has 0 saturated heterocycles. The number of imidazole rings is 1. The third-order valence-electron chi connectivity index (χ3n) is 4.19. The van der Waals surface area contributed by atoms with Gasteiger partial charge in [0.1, 0.15) is 0 Å². The van der Waals surface area contributed by atoms with Crippen LogP contribution >= 0.6 is 0 Å². The van der Waals surface area contributed by atoms with E-state index in [2.05, 4.69) is 4.98 Å². The maximum atomic E-state index is 11.6. The van der Waals surface area contributed by atoms with E-state index in [-0.39, 0.29) is 6.04 Å². The minimum absolute atomic E-state index is 0.341. The lowest BCUT2D eigenvalue weighted by molar-refractivity contribution is -0.133. The van der Waals surface area contributed by atoms with Crippen molar-refractivity contribution in [1.29, 1.82) is 0 Å². The van der Waals surface area contributed by atoms with Crippen LogP contribution < -0.4 is 5.73 Å². The SMILES string of the molecule is CC(C)(C(N)=O)C(O)C1c2ccccc2-c2cncn21. The Labute approximate surface area is 117 Å². The second-order valence-electron chi connectivity index (χ2n) is 5.75. The molecule has 0 spiro atoms. The standard InChI is InChI=1S/C15H17N3O2/c1-15(2,14(16)20)13(19)12-10-6-4-3-5-9(10)11-7-17-8-18(11)12/h3-8,12-13,19H,1-2H3,(H2,16,20). The van der Waals surface area contributed by atoms with Gasteiger partial charge >= 0.3 is 0 Å². The maximum absolute atomic E-state index is 11.6. The average molecular weight is 271 g/mol. The molecule has 3 rings (SSSR count). The zero-order valence-electron chi connectivity index (χ0n) is 11.4. The van der Waals surface area contributed by atoms with Crippen LogP contribution in [0.15, 0.2) is 36.8 Å². The van der Waals surface area contributed by atoms with Crippen LogP contribution in [0.4, 0.5) is 0 Å². The molecule has 1 aliphatic heterocycles. The first-order chi connectivity index (χ1) is 9.44. The summed E-state index contributed by atoms with van der Waals surface area (Å²) in [5.74, 6) is -0.518. The van der Waals surface area contributed by atoms with Crippen LogP contribution in [-0.2, 0) is 4.79 Å². The molecule has 104 valence electrons. The highest BCUT2D eigenvalue weighted by molar-refractivity contribution is 5.81. The number of nitrogens with two attached hydrogens (primary N) is 1. The molecule has 0 saturated carbocycles. The van der Waals surface area contributed by atoms with E-state index in [1.165, 1.54) is 0 Å². The molecule has 2 heterocycles. The molecule has 1 aromatic carbocycles. The van der Waals surface area contributed by atoms with Gasteiger partial charge in [0, 0.05) is 5.56 Å². The van der Waals surface area contributed by atoms with E-state index in [0.717, 1.165) is 16.8 Å². The predicted octanol–water partition coefficient (Wildman–Crippen LogP) is 1.33. The molecule has 3 N–H and O–H groups in total. The third kappa shape index (κ3) is 1.59. The largest absolute Gasteiger partial charge is 0.389 e. The first-order valence-corrected chi connectivity index (χ1v) is 6.53. The van der Waals surface area contributed by atoms with Gasteiger partial charge in [0.05, 0.1) is 35.8 Å². The van der Waals surface area contributed by atoms with Crippen molar-refractivity contribution in [2.45, 2.75) is 26.0 Å². The van der Waals surface area contributed by atoms with Crippen molar-refractivity contribution in [1.82, 2.24) is 9.55 Å². The number of aliphatic hydroxyl groups is 1. The fourth-order valence-electron chi connectivity index (χ4n) is 2.74. The van der Waals surface area contributed by atoms with Crippen molar-refractivity contribution in [2.75, 3.05) is 0 Å².